The van der Waals surface area contributed by atoms with Gasteiger partial charge >= 0.3 is 0 Å². The zero-order valence-corrected chi connectivity index (χ0v) is 24.8. The van der Waals surface area contributed by atoms with E-state index >= 15 is 0 Å². The largest absolute Gasteiger partial charge is 0.343 e. The molecule has 36 heavy (non-hydrogen) atoms. The van der Waals surface area contributed by atoms with Crippen LogP contribution in [0.1, 0.15) is 130 Å². The molecule has 214 valence electrons. The van der Waals surface area contributed by atoms with Crippen LogP contribution in [0.5, 0.6) is 0 Å². The number of rotatable bonds is 22. The van der Waals surface area contributed by atoms with E-state index in [1.54, 1.807) is 0 Å². The average molecular weight is 532 g/mol. The molecule has 1 rings (SSSR count). The van der Waals surface area contributed by atoms with Crippen molar-refractivity contribution in [2.24, 2.45) is 5.92 Å². The Hall–Kier alpha value is -0.660. The topological polar surface area (TPSA) is 74.7 Å². The summed E-state index contributed by atoms with van der Waals surface area (Å²) in [5, 5.41) is 0. The minimum atomic E-state index is -3.94. The third kappa shape index (κ3) is 14.9. The fourth-order valence-corrected chi connectivity index (χ4v) is 6.55. The number of carbonyl (C=O) groups is 1. The quantitative estimate of drug-likeness (QED) is 0.0942. The van der Waals surface area contributed by atoms with Crippen molar-refractivity contribution < 1.29 is 22.2 Å². The van der Waals surface area contributed by atoms with Crippen LogP contribution in [0, 0.1) is 5.92 Å². The van der Waals surface area contributed by atoms with Crippen LogP contribution in [0.3, 0.4) is 0 Å². The Morgan fingerprint density at radius 1 is 0.778 bits per heavy atom. The third-order valence-electron chi connectivity index (χ3n) is 8.24. The second-order valence-corrected chi connectivity index (χ2v) is 12.9. The Labute approximate surface area is 223 Å². The highest BCUT2D eigenvalue weighted by Gasteiger charge is 2.38. The lowest BCUT2D eigenvalue weighted by Gasteiger charge is -2.45. The van der Waals surface area contributed by atoms with Gasteiger partial charge in [0.15, 0.2) is 0 Å². The van der Waals surface area contributed by atoms with E-state index in [0.29, 0.717) is 6.42 Å². The number of hydrogen-bond donors (Lipinski definition) is 1. The highest BCUT2D eigenvalue weighted by atomic mass is 32.2. The molecule has 0 radical (unpaired) electrons. The van der Waals surface area contributed by atoms with E-state index in [1.165, 1.54) is 83.5 Å². The molecule has 1 N–H and O–H groups in total. The first-order chi connectivity index (χ1) is 17.3. The highest BCUT2D eigenvalue weighted by Crippen LogP contribution is 2.27. The summed E-state index contributed by atoms with van der Waals surface area (Å²) < 4.78 is 32.7. The molecule has 2 unspecified atom stereocenters. The fourth-order valence-electron chi connectivity index (χ4n) is 6.06. The van der Waals surface area contributed by atoms with Gasteiger partial charge in [-0.3, -0.25) is 9.35 Å². The van der Waals surface area contributed by atoms with Gasteiger partial charge in [-0.15, -0.1) is 0 Å². The molecule has 7 heteroatoms. The van der Waals surface area contributed by atoms with Crippen molar-refractivity contribution in [3.05, 3.63) is 0 Å². The minimum Gasteiger partial charge on any atom is -0.343 e. The summed E-state index contributed by atoms with van der Waals surface area (Å²) in [6.45, 7) is 11.4. The van der Waals surface area contributed by atoms with Crippen LogP contribution in [-0.2, 0) is 14.9 Å². The second kappa shape index (κ2) is 19.4. The number of carbonyl (C=O) groups excluding carboxylic acids is 1. The summed E-state index contributed by atoms with van der Waals surface area (Å²) >= 11 is 0. The number of likely N-dealkylation sites (tertiary alicyclic amines) is 1. The first-order valence-corrected chi connectivity index (χ1v) is 17.0. The van der Waals surface area contributed by atoms with E-state index in [0.717, 1.165) is 63.0 Å². The van der Waals surface area contributed by atoms with Gasteiger partial charge in [0.2, 0.25) is 5.91 Å². The van der Waals surface area contributed by atoms with Crippen LogP contribution in [0.25, 0.3) is 0 Å². The molecule has 1 aliphatic heterocycles. The van der Waals surface area contributed by atoms with Gasteiger partial charge in [0.05, 0.1) is 37.8 Å². The van der Waals surface area contributed by atoms with Crippen molar-refractivity contribution in [3.8, 4) is 0 Å². The van der Waals surface area contributed by atoms with Gasteiger partial charge in [0.25, 0.3) is 10.1 Å². The molecular weight excluding hydrogens is 472 g/mol. The van der Waals surface area contributed by atoms with E-state index in [1.807, 2.05) is 18.7 Å². The molecule has 0 spiro atoms. The molecule has 6 nitrogen and oxygen atoms in total. The van der Waals surface area contributed by atoms with E-state index in [2.05, 4.69) is 6.92 Å². The Kier molecular flexibility index (Phi) is 18.0. The normalized spacial score (nSPS) is 20.5. The first-order valence-electron chi connectivity index (χ1n) is 15.4. The van der Waals surface area contributed by atoms with Crippen LogP contribution < -0.4 is 0 Å². The van der Waals surface area contributed by atoms with E-state index in [9.17, 15) is 17.8 Å². The van der Waals surface area contributed by atoms with Crippen molar-refractivity contribution in [1.29, 1.82) is 0 Å². The molecule has 0 aliphatic carbocycles. The fraction of sp³-hybridized carbons (Fsp3) is 0.966. The standard InChI is InChI=1S/C29H58N2O4S/c1-4-7-8-9-10-11-12-13-14-15-16-17-18-19-23-31(25-21-26-36(33,34)35)24-20-22-28(27-31)29(32)30(5-2)6-3/h28H,4-27H2,1-3H3/p+1. The highest BCUT2D eigenvalue weighted by molar-refractivity contribution is 7.85. The number of hydrogen-bond acceptors (Lipinski definition) is 3. The van der Waals surface area contributed by atoms with Gasteiger partial charge in [-0.2, -0.15) is 8.42 Å². The van der Waals surface area contributed by atoms with Gasteiger partial charge in [-0.05, 0) is 39.5 Å². The molecule has 0 saturated carbocycles. The zero-order valence-electron chi connectivity index (χ0n) is 24.0. The van der Waals surface area contributed by atoms with Crippen molar-refractivity contribution in [1.82, 2.24) is 4.90 Å². The van der Waals surface area contributed by atoms with E-state index < -0.39 is 10.1 Å². The smallest absolute Gasteiger partial charge is 0.265 e. The van der Waals surface area contributed by atoms with Gasteiger partial charge in [0.1, 0.15) is 0 Å². The zero-order chi connectivity index (χ0) is 26.7. The predicted octanol–water partition coefficient (Wildman–Crippen LogP) is 6.84. The summed E-state index contributed by atoms with van der Waals surface area (Å²) in [6, 6.07) is 0. The average Bonchev–Trinajstić information content (AvgIpc) is 2.84. The van der Waals surface area contributed by atoms with Gasteiger partial charge in [-0.1, -0.05) is 84.0 Å². The van der Waals surface area contributed by atoms with Crippen LogP contribution in [0.15, 0.2) is 0 Å². The van der Waals surface area contributed by atoms with Gasteiger partial charge in [-0.25, -0.2) is 0 Å². The molecule has 1 fully saturated rings. The lowest BCUT2D eigenvalue weighted by atomic mass is 9.93. The van der Waals surface area contributed by atoms with Gasteiger partial charge in [0, 0.05) is 19.5 Å². The monoisotopic (exact) mass is 531 g/mol. The van der Waals surface area contributed by atoms with E-state index in [4.69, 9.17) is 0 Å². The Morgan fingerprint density at radius 2 is 1.25 bits per heavy atom. The molecular formula is C29H59N2O4S+. The Bertz CT molecular complexity index is 666. The maximum Gasteiger partial charge on any atom is 0.265 e. The van der Waals surface area contributed by atoms with Crippen molar-refractivity contribution in [3.63, 3.8) is 0 Å². The number of piperidine rings is 1. The number of amides is 1. The summed E-state index contributed by atoms with van der Waals surface area (Å²) in [5.41, 5.74) is 0. The molecule has 0 aromatic rings. The number of nitrogens with zero attached hydrogens (tertiary/aromatic N) is 2. The van der Waals surface area contributed by atoms with Crippen molar-refractivity contribution in [2.45, 2.75) is 130 Å². The van der Waals surface area contributed by atoms with Gasteiger partial charge < -0.3 is 9.38 Å². The molecule has 1 amide bonds. The number of quaternary nitrogens is 1. The van der Waals surface area contributed by atoms with Crippen LogP contribution in [0.2, 0.25) is 0 Å². The third-order valence-corrected chi connectivity index (χ3v) is 9.04. The van der Waals surface area contributed by atoms with Crippen LogP contribution in [-0.4, -0.2) is 73.3 Å². The SMILES string of the molecule is CCCCCCCCCCCCCCCC[N+]1(CCCS(=O)(=O)O)CCCC(C(=O)N(CC)CC)C1. The predicted molar refractivity (Wildman–Crippen MR) is 152 cm³/mol. The van der Waals surface area contributed by atoms with Crippen LogP contribution in [0.4, 0.5) is 0 Å². The molecule has 0 aromatic carbocycles. The van der Waals surface area contributed by atoms with Crippen molar-refractivity contribution in [2.75, 3.05) is 45.0 Å². The second-order valence-electron chi connectivity index (χ2n) is 11.3. The maximum atomic E-state index is 13.1. The summed E-state index contributed by atoms with van der Waals surface area (Å²) in [7, 11) is -3.94. The molecule has 1 heterocycles. The molecule has 0 bridgehead atoms. The Balaban J connectivity index is 2.37. The summed E-state index contributed by atoms with van der Waals surface area (Å²) in [6.07, 6.45) is 21.1. The Morgan fingerprint density at radius 3 is 1.72 bits per heavy atom. The first kappa shape index (κ1) is 33.4. The number of unbranched alkanes of at least 4 members (excludes halogenated alkanes) is 13. The minimum absolute atomic E-state index is 0.0380. The van der Waals surface area contributed by atoms with Crippen LogP contribution >= 0.6 is 0 Å². The molecule has 2 atom stereocenters. The molecule has 0 aromatic heterocycles. The maximum absolute atomic E-state index is 13.1. The summed E-state index contributed by atoms with van der Waals surface area (Å²) in [5.74, 6) is 0.120. The molecule has 1 saturated heterocycles. The lowest BCUT2D eigenvalue weighted by molar-refractivity contribution is -0.935. The molecule has 1 aliphatic rings. The van der Waals surface area contributed by atoms with E-state index in [-0.39, 0.29) is 17.6 Å². The van der Waals surface area contributed by atoms with Crippen molar-refractivity contribution >= 4 is 16.0 Å². The summed E-state index contributed by atoms with van der Waals surface area (Å²) in [4.78, 5) is 15.0. The lowest BCUT2D eigenvalue weighted by Crippen LogP contribution is -2.58.